The molecule has 1 unspecified atom stereocenters. The third kappa shape index (κ3) is 3.52. The number of hydrogen-bond acceptors (Lipinski definition) is 7. The Bertz CT molecular complexity index is 1500. The average molecular weight is 512 g/mol. The Labute approximate surface area is 220 Å². The summed E-state index contributed by atoms with van der Waals surface area (Å²) in [6, 6.07) is 9.86. The topological polar surface area (TPSA) is 96.9 Å². The van der Waals surface area contributed by atoms with Gasteiger partial charge in [-0.1, -0.05) is 13.8 Å². The number of amides is 2. The van der Waals surface area contributed by atoms with E-state index in [1.54, 1.807) is 6.20 Å². The number of ether oxygens (including phenoxy) is 2. The van der Waals surface area contributed by atoms with Crippen LogP contribution in [0.15, 0.2) is 42.7 Å². The molecule has 1 N–H and O–H groups in total. The van der Waals surface area contributed by atoms with Crippen molar-refractivity contribution in [2.45, 2.75) is 52.2 Å². The number of benzene rings is 1. The number of fused-ring (bicyclic) bond motifs is 6. The molecule has 2 amide bonds. The maximum Gasteiger partial charge on any atom is 0.238 e. The molecule has 4 aliphatic rings. The fourth-order valence-electron chi connectivity index (χ4n) is 6.09. The van der Waals surface area contributed by atoms with Crippen molar-refractivity contribution in [1.82, 2.24) is 9.97 Å². The Morgan fingerprint density at radius 3 is 2.76 bits per heavy atom. The van der Waals surface area contributed by atoms with Crippen molar-refractivity contribution in [1.29, 1.82) is 0 Å². The second-order valence-corrected chi connectivity index (χ2v) is 11.1. The van der Waals surface area contributed by atoms with Gasteiger partial charge < -0.3 is 24.6 Å². The van der Waals surface area contributed by atoms with E-state index in [9.17, 15) is 9.59 Å². The lowest BCUT2D eigenvalue weighted by atomic mass is 9.90. The van der Waals surface area contributed by atoms with E-state index in [1.807, 2.05) is 67.1 Å². The zero-order valence-electron chi connectivity index (χ0n) is 21.7. The van der Waals surface area contributed by atoms with Crippen LogP contribution in [0.2, 0.25) is 0 Å². The summed E-state index contributed by atoms with van der Waals surface area (Å²) in [7, 11) is 0. The molecule has 0 bridgehead atoms. The summed E-state index contributed by atoms with van der Waals surface area (Å²) >= 11 is 0. The van der Waals surface area contributed by atoms with Crippen LogP contribution in [-0.2, 0) is 9.59 Å². The molecule has 3 aromatic rings. The molecule has 4 aliphatic heterocycles. The Hall–Kier alpha value is -4.14. The van der Waals surface area contributed by atoms with Gasteiger partial charge >= 0.3 is 0 Å². The molecule has 1 aromatic carbocycles. The van der Waals surface area contributed by atoms with E-state index in [0.717, 1.165) is 53.2 Å². The summed E-state index contributed by atoms with van der Waals surface area (Å²) in [6.07, 6.45) is 5.60. The smallest absolute Gasteiger partial charge is 0.238 e. The van der Waals surface area contributed by atoms with Gasteiger partial charge in [-0.25, -0.2) is 9.97 Å². The SMILES string of the molecule is CC1Oc2cc(N3CCCC3=O)ccc2-c2cnc(Nc3cnc4c(c3)N3C(=O)C(C)(C)C[C@H]3CO4)cc21. The van der Waals surface area contributed by atoms with Crippen molar-refractivity contribution in [3.8, 4) is 22.8 Å². The zero-order chi connectivity index (χ0) is 26.2. The first-order valence-electron chi connectivity index (χ1n) is 13.1. The lowest BCUT2D eigenvalue weighted by molar-refractivity contribution is -0.124. The van der Waals surface area contributed by atoms with Gasteiger partial charge in [0.05, 0.1) is 17.9 Å². The normalized spacial score (nSPS) is 22.7. The quantitative estimate of drug-likeness (QED) is 0.529. The number of nitrogens with zero attached hydrogens (tertiary/aromatic N) is 4. The van der Waals surface area contributed by atoms with Gasteiger partial charge in [0.15, 0.2) is 0 Å². The fourth-order valence-corrected chi connectivity index (χ4v) is 6.09. The van der Waals surface area contributed by atoms with Crippen LogP contribution in [0.3, 0.4) is 0 Å². The van der Waals surface area contributed by atoms with Gasteiger partial charge in [-0.05, 0) is 44.0 Å². The first-order valence-corrected chi connectivity index (χ1v) is 13.1. The van der Waals surface area contributed by atoms with Gasteiger partial charge in [0, 0.05) is 53.0 Å². The Balaban J connectivity index is 1.18. The van der Waals surface area contributed by atoms with Crippen LogP contribution in [0.5, 0.6) is 11.6 Å². The fraction of sp³-hybridized carbons (Fsp3) is 0.379. The molecule has 0 spiro atoms. The minimum atomic E-state index is -0.420. The maximum atomic E-state index is 13.1. The van der Waals surface area contributed by atoms with Crippen LogP contribution >= 0.6 is 0 Å². The number of pyridine rings is 2. The second kappa shape index (κ2) is 8.18. The van der Waals surface area contributed by atoms with E-state index in [4.69, 9.17) is 9.47 Å². The average Bonchev–Trinajstić information content (AvgIpc) is 3.43. The molecule has 2 aromatic heterocycles. The highest BCUT2D eigenvalue weighted by molar-refractivity contribution is 6.02. The lowest BCUT2D eigenvalue weighted by Crippen LogP contribution is -2.41. The van der Waals surface area contributed by atoms with Gasteiger partial charge in [0.1, 0.15) is 30.0 Å². The van der Waals surface area contributed by atoms with Crippen molar-refractivity contribution in [2.24, 2.45) is 5.41 Å². The summed E-state index contributed by atoms with van der Waals surface area (Å²) in [5, 5.41) is 3.35. The van der Waals surface area contributed by atoms with Gasteiger partial charge in [0.25, 0.3) is 0 Å². The number of hydrogen-bond donors (Lipinski definition) is 1. The third-order valence-corrected chi connectivity index (χ3v) is 8.00. The van der Waals surface area contributed by atoms with Crippen LogP contribution in [0.25, 0.3) is 11.1 Å². The molecule has 38 heavy (non-hydrogen) atoms. The summed E-state index contributed by atoms with van der Waals surface area (Å²) < 4.78 is 12.2. The van der Waals surface area contributed by atoms with Crippen molar-refractivity contribution in [2.75, 3.05) is 28.3 Å². The zero-order valence-corrected chi connectivity index (χ0v) is 21.7. The molecule has 0 aliphatic carbocycles. The molecule has 194 valence electrons. The highest BCUT2D eigenvalue weighted by atomic mass is 16.5. The van der Waals surface area contributed by atoms with Crippen LogP contribution in [0.4, 0.5) is 22.9 Å². The van der Waals surface area contributed by atoms with E-state index in [1.165, 1.54) is 0 Å². The van der Waals surface area contributed by atoms with Crippen molar-refractivity contribution in [3.63, 3.8) is 0 Å². The molecule has 2 fully saturated rings. The van der Waals surface area contributed by atoms with Gasteiger partial charge in [-0.15, -0.1) is 0 Å². The predicted molar refractivity (Wildman–Crippen MR) is 143 cm³/mol. The number of aromatic nitrogens is 2. The second-order valence-electron chi connectivity index (χ2n) is 11.1. The van der Waals surface area contributed by atoms with E-state index in [0.29, 0.717) is 30.4 Å². The molecular formula is C29H29N5O4. The monoisotopic (exact) mass is 511 g/mol. The molecule has 2 saturated heterocycles. The van der Waals surface area contributed by atoms with Crippen LogP contribution in [0, 0.1) is 5.41 Å². The lowest BCUT2D eigenvalue weighted by Gasteiger charge is -2.31. The predicted octanol–water partition coefficient (Wildman–Crippen LogP) is 4.99. The van der Waals surface area contributed by atoms with Gasteiger partial charge in [0.2, 0.25) is 17.7 Å². The first-order chi connectivity index (χ1) is 18.3. The van der Waals surface area contributed by atoms with Crippen LogP contribution in [-0.4, -0.2) is 41.0 Å². The third-order valence-electron chi connectivity index (χ3n) is 8.00. The Morgan fingerprint density at radius 2 is 1.95 bits per heavy atom. The number of carbonyl (C=O) groups excluding carboxylic acids is 2. The standard InChI is InChI=1S/C29H29N5O4/c1-16-21-11-25(30-14-22(21)20-7-6-18(10-24(20)38-16)33-8-4-5-26(33)35)32-17-9-23-27(31-13-17)37-15-19-12-29(2,3)28(36)34(19)23/h6-7,9-11,13-14,16,19H,4-5,8,12,15H2,1-3H3,(H,30,32)/t16?,19-/m0/s1. The number of rotatable bonds is 3. The molecule has 9 heteroatoms. The van der Waals surface area contributed by atoms with Crippen LogP contribution in [0.1, 0.15) is 51.7 Å². The molecule has 2 atom stereocenters. The number of anilines is 4. The molecule has 6 heterocycles. The van der Waals surface area contributed by atoms with E-state index < -0.39 is 5.41 Å². The van der Waals surface area contributed by atoms with Gasteiger partial charge in [-0.2, -0.15) is 0 Å². The summed E-state index contributed by atoms with van der Waals surface area (Å²) in [5.41, 5.74) is 4.86. The summed E-state index contributed by atoms with van der Waals surface area (Å²) in [5.74, 6) is 2.15. The van der Waals surface area contributed by atoms with Crippen LogP contribution < -0.4 is 24.6 Å². The Morgan fingerprint density at radius 1 is 1.08 bits per heavy atom. The minimum Gasteiger partial charge on any atom is -0.485 e. The summed E-state index contributed by atoms with van der Waals surface area (Å²) in [6.45, 7) is 7.18. The van der Waals surface area contributed by atoms with Gasteiger partial charge in [-0.3, -0.25) is 9.59 Å². The van der Waals surface area contributed by atoms with Crippen molar-refractivity contribution >= 4 is 34.7 Å². The molecule has 9 nitrogen and oxygen atoms in total. The van der Waals surface area contributed by atoms with Crippen molar-refractivity contribution < 1.29 is 19.1 Å². The molecule has 0 radical (unpaired) electrons. The van der Waals surface area contributed by atoms with Crippen molar-refractivity contribution in [3.05, 3.63) is 48.3 Å². The van der Waals surface area contributed by atoms with E-state index in [-0.39, 0.29) is 24.0 Å². The number of carbonyl (C=O) groups is 2. The highest BCUT2D eigenvalue weighted by Crippen LogP contribution is 2.46. The minimum absolute atomic E-state index is 0.0195. The molecule has 7 rings (SSSR count). The maximum absolute atomic E-state index is 13.1. The first kappa shape index (κ1) is 23.0. The van der Waals surface area contributed by atoms with E-state index in [2.05, 4.69) is 15.3 Å². The molecular weight excluding hydrogens is 482 g/mol. The molecule has 0 saturated carbocycles. The van der Waals surface area contributed by atoms with E-state index >= 15 is 0 Å². The number of nitrogens with one attached hydrogen (secondary N) is 1. The largest absolute Gasteiger partial charge is 0.485 e. The Kier molecular flexibility index (Phi) is 4.95. The highest BCUT2D eigenvalue weighted by Gasteiger charge is 2.49. The summed E-state index contributed by atoms with van der Waals surface area (Å²) in [4.78, 5) is 38.1.